The van der Waals surface area contributed by atoms with Gasteiger partial charge in [0.15, 0.2) is 0 Å². The minimum Gasteiger partial charge on any atom is -0.476 e. The average molecular weight is 297 g/mol. The predicted octanol–water partition coefficient (Wildman–Crippen LogP) is 3.47. The van der Waals surface area contributed by atoms with E-state index < -0.39 is 11.7 Å². The lowest BCUT2D eigenvalue weighted by atomic mass is 10.1. The first-order chi connectivity index (χ1) is 8.52. The third-order valence-electron chi connectivity index (χ3n) is 2.88. The highest BCUT2D eigenvalue weighted by Gasteiger charge is 2.32. The Labute approximate surface area is 115 Å². The highest BCUT2D eigenvalue weighted by atomic mass is 35.5. The first-order valence-electron chi connectivity index (χ1n) is 5.57. The number of nitrogens with zero attached hydrogens (tertiary/aromatic N) is 2. The Kier molecular flexibility index (Phi) is 4.68. The molecule has 0 spiro atoms. The van der Waals surface area contributed by atoms with Gasteiger partial charge in [0.25, 0.3) is 0 Å². The lowest BCUT2D eigenvalue weighted by Gasteiger charge is -2.31. The van der Waals surface area contributed by atoms with E-state index in [9.17, 15) is 13.2 Å². The van der Waals surface area contributed by atoms with E-state index in [4.69, 9.17) is 16.3 Å². The summed E-state index contributed by atoms with van der Waals surface area (Å²) in [6, 6.07) is 1.61. The Morgan fingerprint density at radius 1 is 1.26 bits per heavy atom. The highest BCUT2D eigenvalue weighted by Crippen LogP contribution is 2.32. The highest BCUT2D eigenvalue weighted by molar-refractivity contribution is 6.29. The monoisotopic (exact) mass is 296 g/mol. The van der Waals surface area contributed by atoms with Crippen molar-refractivity contribution in [1.82, 2.24) is 9.88 Å². The summed E-state index contributed by atoms with van der Waals surface area (Å²) in [6.07, 6.45) is -4.47. The van der Waals surface area contributed by atoms with E-state index in [-0.39, 0.29) is 23.2 Å². The Bertz CT molecular complexity index is 447. The number of aromatic nitrogens is 1. The van der Waals surface area contributed by atoms with Gasteiger partial charge >= 0.3 is 6.18 Å². The molecule has 0 amide bonds. The van der Waals surface area contributed by atoms with Gasteiger partial charge in [0.05, 0.1) is 5.56 Å². The Balaban J connectivity index is 2.88. The fourth-order valence-corrected chi connectivity index (χ4v) is 1.29. The van der Waals surface area contributed by atoms with Crippen LogP contribution in [0, 0.1) is 0 Å². The molecule has 1 rings (SSSR count). The summed E-state index contributed by atoms with van der Waals surface area (Å²) >= 11 is 5.57. The third kappa shape index (κ3) is 4.54. The molecule has 0 N–H and O–H groups in total. The third-order valence-corrected chi connectivity index (χ3v) is 3.08. The molecule has 0 fully saturated rings. The second-order valence-electron chi connectivity index (χ2n) is 5.01. The first-order valence-corrected chi connectivity index (χ1v) is 5.95. The Hall–Kier alpha value is -1.01. The van der Waals surface area contributed by atoms with Crippen molar-refractivity contribution in [2.75, 3.05) is 20.7 Å². The quantitative estimate of drug-likeness (QED) is 0.796. The summed E-state index contributed by atoms with van der Waals surface area (Å²) in [7, 11) is 3.71. The number of ether oxygens (including phenoxy) is 1. The number of hydrogen-bond acceptors (Lipinski definition) is 3. The fourth-order valence-electron chi connectivity index (χ4n) is 1.09. The molecule has 1 heterocycles. The zero-order valence-electron chi connectivity index (χ0n) is 11.2. The minimum atomic E-state index is -4.47. The molecular formula is C12H16ClF3N2O. The van der Waals surface area contributed by atoms with Crippen LogP contribution in [0.3, 0.4) is 0 Å². The SMILES string of the molecule is CN(C)C(C)(C)COc1cc(C(F)(F)F)cc(Cl)n1. The van der Waals surface area contributed by atoms with Crippen LogP contribution in [0.1, 0.15) is 19.4 Å². The molecule has 7 heteroatoms. The summed E-state index contributed by atoms with van der Waals surface area (Å²) in [5, 5.41) is -0.243. The normalized spacial score (nSPS) is 12.9. The molecule has 19 heavy (non-hydrogen) atoms. The summed E-state index contributed by atoms with van der Waals surface area (Å²) in [5.74, 6) is -0.130. The van der Waals surface area contributed by atoms with Crippen LogP contribution in [0.25, 0.3) is 0 Å². The Morgan fingerprint density at radius 2 is 1.84 bits per heavy atom. The molecule has 3 nitrogen and oxygen atoms in total. The molecule has 108 valence electrons. The van der Waals surface area contributed by atoms with Gasteiger partial charge < -0.3 is 9.64 Å². The second-order valence-corrected chi connectivity index (χ2v) is 5.40. The van der Waals surface area contributed by atoms with E-state index in [1.807, 2.05) is 32.8 Å². The van der Waals surface area contributed by atoms with Crippen molar-refractivity contribution in [2.24, 2.45) is 0 Å². The lowest BCUT2D eigenvalue weighted by Crippen LogP contribution is -2.43. The average Bonchev–Trinajstić information content (AvgIpc) is 2.24. The maximum atomic E-state index is 12.6. The molecule has 0 aliphatic rings. The maximum absolute atomic E-state index is 12.6. The van der Waals surface area contributed by atoms with Crippen molar-refractivity contribution in [3.05, 3.63) is 22.8 Å². The molecule has 0 atom stereocenters. The van der Waals surface area contributed by atoms with Gasteiger partial charge in [-0.3, -0.25) is 0 Å². The van der Waals surface area contributed by atoms with Crippen LogP contribution in [0.15, 0.2) is 12.1 Å². The molecular weight excluding hydrogens is 281 g/mol. The molecule has 0 aliphatic heterocycles. The van der Waals surface area contributed by atoms with Crippen molar-refractivity contribution in [3.63, 3.8) is 0 Å². The van der Waals surface area contributed by atoms with Crippen LogP contribution in [0.5, 0.6) is 5.88 Å². The second kappa shape index (κ2) is 5.54. The van der Waals surface area contributed by atoms with E-state index in [1.54, 1.807) is 0 Å². The number of hydrogen-bond donors (Lipinski definition) is 0. The summed E-state index contributed by atoms with van der Waals surface area (Å²) < 4.78 is 43.1. The molecule has 1 aromatic rings. The van der Waals surface area contributed by atoms with Crippen LogP contribution >= 0.6 is 11.6 Å². The van der Waals surface area contributed by atoms with Crippen molar-refractivity contribution >= 4 is 11.6 Å². The maximum Gasteiger partial charge on any atom is 0.416 e. The smallest absolute Gasteiger partial charge is 0.416 e. The largest absolute Gasteiger partial charge is 0.476 e. The summed E-state index contributed by atoms with van der Waals surface area (Å²) in [5.41, 5.74) is -1.20. The van der Waals surface area contributed by atoms with Gasteiger partial charge in [0.2, 0.25) is 5.88 Å². The first kappa shape index (κ1) is 16.0. The van der Waals surface area contributed by atoms with Gasteiger partial charge in [-0.15, -0.1) is 0 Å². The number of pyridine rings is 1. The molecule has 0 radical (unpaired) electrons. The van der Waals surface area contributed by atoms with E-state index in [0.717, 1.165) is 12.1 Å². The number of halogens is 4. The molecule has 0 bridgehead atoms. The molecule has 0 saturated heterocycles. The van der Waals surface area contributed by atoms with Gasteiger partial charge in [-0.05, 0) is 34.0 Å². The van der Waals surface area contributed by atoms with Crippen LogP contribution in [-0.2, 0) is 6.18 Å². The van der Waals surface area contributed by atoms with Crippen molar-refractivity contribution < 1.29 is 17.9 Å². The van der Waals surface area contributed by atoms with Crippen molar-refractivity contribution in [2.45, 2.75) is 25.6 Å². The summed E-state index contributed by atoms with van der Waals surface area (Å²) in [6.45, 7) is 4.01. The fraction of sp³-hybridized carbons (Fsp3) is 0.583. The van der Waals surface area contributed by atoms with E-state index >= 15 is 0 Å². The minimum absolute atomic E-state index is 0.130. The zero-order valence-corrected chi connectivity index (χ0v) is 11.9. The van der Waals surface area contributed by atoms with Crippen molar-refractivity contribution in [3.8, 4) is 5.88 Å². The number of alkyl halides is 3. The predicted molar refractivity (Wildman–Crippen MR) is 67.5 cm³/mol. The Morgan fingerprint density at radius 3 is 2.32 bits per heavy atom. The molecule has 1 aromatic heterocycles. The van der Waals surface area contributed by atoms with Gasteiger partial charge in [-0.25, -0.2) is 4.98 Å². The van der Waals surface area contributed by atoms with Gasteiger partial charge in [-0.2, -0.15) is 13.2 Å². The van der Waals surface area contributed by atoms with Crippen LogP contribution in [0.2, 0.25) is 5.15 Å². The summed E-state index contributed by atoms with van der Waals surface area (Å²) in [4.78, 5) is 5.64. The molecule has 0 unspecified atom stereocenters. The molecule has 0 saturated carbocycles. The number of likely N-dealkylation sites (N-methyl/N-ethyl adjacent to an activating group) is 1. The van der Waals surface area contributed by atoms with Gasteiger partial charge in [0.1, 0.15) is 11.8 Å². The molecule has 0 aliphatic carbocycles. The van der Waals surface area contributed by atoms with Crippen LogP contribution < -0.4 is 4.74 Å². The van der Waals surface area contributed by atoms with Crippen LogP contribution in [-0.4, -0.2) is 36.1 Å². The topological polar surface area (TPSA) is 25.4 Å². The lowest BCUT2D eigenvalue weighted by molar-refractivity contribution is -0.137. The van der Waals surface area contributed by atoms with Crippen molar-refractivity contribution in [1.29, 1.82) is 0 Å². The van der Waals surface area contributed by atoms with Gasteiger partial charge in [0, 0.05) is 11.6 Å². The van der Waals surface area contributed by atoms with E-state index in [0.29, 0.717) is 0 Å². The van der Waals surface area contributed by atoms with E-state index in [2.05, 4.69) is 4.98 Å². The van der Waals surface area contributed by atoms with Crippen LogP contribution in [0.4, 0.5) is 13.2 Å². The number of rotatable bonds is 4. The van der Waals surface area contributed by atoms with E-state index in [1.165, 1.54) is 0 Å². The standard InChI is InChI=1S/C12H16ClF3N2O/c1-11(2,18(3)4)7-19-10-6-8(12(14,15)16)5-9(13)17-10/h5-6H,7H2,1-4H3. The van der Waals surface area contributed by atoms with Gasteiger partial charge in [-0.1, -0.05) is 11.6 Å². The zero-order chi connectivity index (χ0) is 14.8. The molecule has 0 aromatic carbocycles.